The van der Waals surface area contributed by atoms with Crippen molar-refractivity contribution in [3.8, 4) is 0 Å². The Kier molecular flexibility index (Phi) is 3.89. The lowest BCUT2D eigenvalue weighted by Gasteiger charge is -2.09. The number of nitrogens with zero attached hydrogens (tertiary/aromatic N) is 1. The maximum Gasteiger partial charge on any atom is 0.253 e. The van der Waals surface area contributed by atoms with E-state index in [1.165, 1.54) is 0 Å². The third-order valence-corrected chi connectivity index (χ3v) is 2.25. The summed E-state index contributed by atoms with van der Waals surface area (Å²) >= 11 is 5.58. The van der Waals surface area contributed by atoms with Crippen LogP contribution in [0.3, 0.4) is 0 Å². The first-order chi connectivity index (χ1) is 6.63. The van der Waals surface area contributed by atoms with Crippen LogP contribution in [-0.4, -0.2) is 22.8 Å². The van der Waals surface area contributed by atoms with E-state index in [0.717, 1.165) is 5.69 Å². The molecule has 1 aromatic rings. The van der Waals surface area contributed by atoms with Gasteiger partial charge in [0.25, 0.3) is 5.91 Å². The summed E-state index contributed by atoms with van der Waals surface area (Å²) in [6.45, 7) is 3.73. The van der Waals surface area contributed by atoms with Crippen LogP contribution in [0, 0.1) is 6.92 Å². The molecule has 0 spiro atoms. The molecule has 0 aliphatic carbocycles. The fourth-order valence-corrected chi connectivity index (χ4v) is 1.02. The second kappa shape index (κ2) is 4.96. The number of hydrogen-bond acceptors (Lipinski definition) is 2. The van der Waals surface area contributed by atoms with Crippen molar-refractivity contribution in [3.05, 3.63) is 29.6 Å². The maximum atomic E-state index is 11.5. The minimum absolute atomic E-state index is 0.0227. The zero-order valence-corrected chi connectivity index (χ0v) is 9.01. The summed E-state index contributed by atoms with van der Waals surface area (Å²) in [7, 11) is 0. The lowest BCUT2D eigenvalue weighted by atomic mass is 10.2. The fraction of sp³-hybridized carbons (Fsp3) is 0.400. The van der Waals surface area contributed by atoms with Crippen LogP contribution in [0.1, 0.15) is 23.0 Å². The van der Waals surface area contributed by atoms with E-state index >= 15 is 0 Å². The molecule has 4 heteroatoms. The molecule has 0 saturated carbocycles. The highest BCUT2D eigenvalue weighted by Crippen LogP contribution is 2.00. The van der Waals surface area contributed by atoms with Crippen LogP contribution >= 0.6 is 11.6 Å². The van der Waals surface area contributed by atoms with Gasteiger partial charge in [0.05, 0.1) is 5.56 Å². The van der Waals surface area contributed by atoms with Crippen LogP contribution in [0.2, 0.25) is 0 Å². The SMILES string of the molecule is Cc1ccc(C(=O)NC(C)CCl)cn1. The number of carbonyl (C=O) groups is 1. The Bertz CT molecular complexity index is 310. The van der Waals surface area contributed by atoms with E-state index in [9.17, 15) is 4.79 Å². The monoisotopic (exact) mass is 212 g/mol. The predicted octanol–water partition coefficient (Wildman–Crippen LogP) is 1.75. The van der Waals surface area contributed by atoms with Gasteiger partial charge in [-0.15, -0.1) is 11.6 Å². The summed E-state index contributed by atoms with van der Waals surface area (Å²) in [4.78, 5) is 15.6. The van der Waals surface area contributed by atoms with Gasteiger partial charge in [-0.25, -0.2) is 0 Å². The zero-order chi connectivity index (χ0) is 10.6. The summed E-state index contributed by atoms with van der Waals surface area (Å²) in [5, 5.41) is 2.75. The Hall–Kier alpha value is -1.09. The molecule has 1 unspecified atom stereocenters. The van der Waals surface area contributed by atoms with E-state index in [2.05, 4.69) is 10.3 Å². The Morgan fingerprint density at radius 2 is 2.36 bits per heavy atom. The van der Waals surface area contributed by atoms with Gasteiger partial charge in [-0.05, 0) is 26.0 Å². The van der Waals surface area contributed by atoms with Crippen LogP contribution in [-0.2, 0) is 0 Å². The van der Waals surface area contributed by atoms with Crippen molar-refractivity contribution in [2.45, 2.75) is 19.9 Å². The number of carbonyl (C=O) groups excluding carboxylic acids is 1. The lowest BCUT2D eigenvalue weighted by Crippen LogP contribution is -2.33. The van der Waals surface area contributed by atoms with E-state index in [0.29, 0.717) is 11.4 Å². The van der Waals surface area contributed by atoms with Crippen molar-refractivity contribution in [3.63, 3.8) is 0 Å². The van der Waals surface area contributed by atoms with Gasteiger partial charge in [0.2, 0.25) is 0 Å². The maximum absolute atomic E-state index is 11.5. The number of pyridine rings is 1. The summed E-state index contributed by atoms with van der Waals surface area (Å²) in [5.74, 6) is 0.274. The van der Waals surface area contributed by atoms with Gasteiger partial charge < -0.3 is 5.32 Å². The van der Waals surface area contributed by atoms with Gasteiger partial charge >= 0.3 is 0 Å². The van der Waals surface area contributed by atoms with Gasteiger partial charge in [-0.2, -0.15) is 0 Å². The molecule has 3 nitrogen and oxygen atoms in total. The summed E-state index contributed by atoms with van der Waals surface area (Å²) in [6, 6.07) is 3.53. The molecule has 0 aromatic carbocycles. The number of hydrogen-bond donors (Lipinski definition) is 1. The first-order valence-electron chi connectivity index (χ1n) is 4.43. The smallest absolute Gasteiger partial charge is 0.253 e. The summed E-state index contributed by atoms with van der Waals surface area (Å²) in [5.41, 5.74) is 1.46. The molecule has 1 atom stereocenters. The topological polar surface area (TPSA) is 42.0 Å². The van der Waals surface area contributed by atoms with E-state index in [1.807, 2.05) is 13.8 Å². The van der Waals surface area contributed by atoms with E-state index in [1.54, 1.807) is 18.3 Å². The van der Waals surface area contributed by atoms with E-state index < -0.39 is 0 Å². The highest BCUT2D eigenvalue weighted by molar-refractivity contribution is 6.18. The fourth-order valence-electron chi connectivity index (χ4n) is 0.948. The van der Waals surface area contributed by atoms with Gasteiger partial charge in [-0.3, -0.25) is 9.78 Å². The van der Waals surface area contributed by atoms with Crippen LogP contribution in [0.4, 0.5) is 0 Å². The van der Waals surface area contributed by atoms with E-state index in [-0.39, 0.29) is 11.9 Å². The van der Waals surface area contributed by atoms with Crippen molar-refractivity contribution in [1.82, 2.24) is 10.3 Å². The molecule has 0 bridgehead atoms. The second-order valence-corrected chi connectivity index (χ2v) is 3.53. The average molecular weight is 213 g/mol. The quantitative estimate of drug-likeness (QED) is 0.776. The molecule has 0 aliphatic rings. The highest BCUT2D eigenvalue weighted by atomic mass is 35.5. The molecule has 14 heavy (non-hydrogen) atoms. The largest absolute Gasteiger partial charge is 0.348 e. The number of alkyl halides is 1. The van der Waals surface area contributed by atoms with Crippen LogP contribution in [0.15, 0.2) is 18.3 Å². The molecule has 0 aliphatic heterocycles. The number of nitrogens with one attached hydrogen (secondary N) is 1. The van der Waals surface area contributed by atoms with Crippen molar-refractivity contribution in [1.29, 1.82) is 0 Å². The first kappa shape index (κ1) is 11.0. The third-order valence-electron chi connectivity index (χ3n) is 1.78. The molecule has 76 valence electrons. The molecule has 1 aromatic heterocycles. The number of aryl methyl sites for hydroxylation is 1. The van der Waals surface area contributed by atoms with Crippen molar-refractivity contribution >= 4 is 17.5 Å². The molecule has 1 heterocycles. The van der Waals surface area contributed by atoms with Crippen molar-refractivity contribution < 1.29 is 4.79 Å². The molecule has 0 radical (unpaired) electrons. The Labute approximate surface area is 88.5 Å². The second-order valence-electron chi connectivity index (χ2n) is 3.22. The number of amides is 1. The van der Waals surface area contributed by atoms with Gasteiger partial charge in [0, 0.05) is 23.8 Å². The van der Waals surface area contributed by atoms with Crippen LogP contribution in [0.5, 0.6) is 0 Å². The zero-order valence-electron chi connectivity index (χ0n) is 8.25. The van der Waals surface area contributed by atoms with Crippen molar-refractivity contribution in [2.75, 3.05) is 5.88 Å². The minimum atomic E-state index is -0.134. The predicted molar refractivity (Wildman–Crippen MR) is 56.6 cm³/mol. The molecule has 0 fully saturated rings. The third kappa shape index (κ3) is 3.00. The Morgan fingerprint density at radius 1 is 1.64 bits per heavy atom. The van der Waals surface area contributed by atoms with Crippen LogP contribution < -0.4 is 5.32 Å². The number of aromatic nitrogens is 1. The highest BCUT2D eigenvalue weighted by Gasteiger charge is 2.08. The number of halogens is 1. The van der Waals surface area contributed by atoms with Crippen LogP contribution in [0.25, 0.3) is 0 Å². The summed E-state index contributed by atoms with van der Waals surface area (Å²) in [6.07, 6.45) is 1.56. The summed E-state index contributed by atoms with van der Waals surface area (Å²) < 4.78 is 0. The average Bonchev–Trinajstić information content (AvgIpc) is 2.18. The van der Waals surface area contributed by atoms with Gasteiger partial charge in [0.1, 0.15) is 0 Å². The Morgan fingerprint density at radius 3 is 2.86 bits per heavy atom. The lowest BCUT2D eigenvalue weighted by molar-refractivity contribution is 0.0943. The van der Waals surface area contributed by atoms with Crippen molar-refractivity contribution in [2.24, 2.45) is 0 Å². The van der Waals surface area contributed by atoms with E-state index in [4.69, 9.17) is 11.6 Å². The molecular formula is C10H13ClN2O. The first-order valence-corrected chi connectivity index (χ1v) is 4.96. The Balaban J connectivity index is 2.65. The van der Waals surface area contributed by atoms with Gasteiger partial charge in [-0.1, -0.05) is 0 Å². The molecular weight excluding hydrogens is 200 g/mol. The van der Waals surface area contributed by atoms with Gasteiger partial charge in [0.15, 0.2) is 0 Å². The molecule has 0 saturated heterocycles. The minimum Gasteiger partial charge on any atom is -0.348 e. The normalized spacial score (nSPS) is 12.2. The number of rotatable bonds is 3. The molecule has 1 amide bonds. The standard InChI is InChI=1S/C10H13ClN2O/c1-7-3-4-9(6-12-7)10(14)13-8(2)5-11/h3-4,6,8H,5H2,1-2H3,(H,13,14). The molecule has 1 N–H and O–H groups in total. The molecule has 1 rings (SSSR count).